The van der Waals surface area contributed by atoms with Gasteiger partial charge in [0, 0.05) is 19.0 Å². The molecule has 0 N–H and O–H groups in total. The molecule has 0 fully saturated rings. The quantitative estimate of drug-likeness (QED) is 0.323. The molecule has 0 aliphatic carbocycles. The van der Waals surface area contributed by atoms with Gasteiger partial charge in [0.2, 0.25) is 5.91 Å². The molecule has 1 amide bonds. The van der Waals surface area contributed by atoms with Gasteiger partial charge in [0.15, 0.2) is 11.5 Å². The maximum atomic E-state index is 13.2. The summed E-state index contributed by atoms with van der Waals surface area (Å²) in [5.74, 6) is -1.12. The van der Waals surface area contributed by atoms with Crippen LogP contribution in [0.3, 0.4) is 0 Å². The maximum Gasteiger partial charge on any atom is 0.339 e. The number of hydrogen-bond donors (Lipinski definition) is 0. The summed E-state index contributed by atoms with van der Waals surface area (Å²) in [6.07, 6.45) is 0.664. The van der Waals surface area contributed by atoms with Crippen molar-refractivity contribution in [1.29, 1.82) is 0 Å². The number of methoxy groups -OCH3 is 1. The van der Waals surface area contributed by atoms with E-state index < -0.39 is 21.9 Å². The van der Waals surface area contributed by atoms with Crippen LogP contribution < -0.4 is 8.92 Å². The van der Waals surface area contributed by atoms with E-state index in [2.05, 4.69) is 0 Å². The summed E-state index contributed by atoms with van der Waals surface area (Å²) < 4.78 is 53.9. The van der Waals surface area contributed by atoms with Crippen LogP contribution in [0.5, 0.6) is 11.5 Å². The fraction of sp³-hybridized carbons (Fsp3) is 0.417. The molecule has 0 saturated carbocycles. The molecular weight excluding hydrogens is 465 g/mol. The van der Waals surface area contributed by atoms with Crippen molar-refractivity contribution in [2.24, 2.45) is 0 Å². The van der Waals surface area contributed by atoms with Gasteiger partial charge in [-0.2, -0.15) is 8.42 Å². The molecule has 2 aromatic carbocycles. The molecule has 1 atom stereocenters. The van der Waals surface area contributed by atoms with Gasteiger partial charge in [-0.05, 0) is 62.2 Å². The molecule has 34 heavy (non-hydrogen) atoms. The van der Waals surface area contributed by atoms with Crippen LogP contribution in [0.15, 0.2) is 47.4 Å². The van der Waals surface area contributed by atoms with Crippen LogP contribution in [-0.4, -0.2) is 45.0 Å². The van der Waals surface area contributed by atoms with E-state index in [-0.39, 0.29) is 54.3 Å². The van der Waals surface area contributed by atoms with Gasteiger partial charge in [0.05, 0.1) is 20.1 Å². The van der Waals surface area contributed by atoms with Crippen LogP contribution in [0.4, 0.5) is 4.39 Å². The molecule has 0 saturated heterocycles. The SMILES string of the molecule is CCOC(=O)CCC(=O)N(Cc1ccc(OC)c(OS(=O)(=O)c2ccc(F)cc2)c1)C(C)CC. The smallest absolute Gasteiger partial charge is 0.339 e. The molecule has 0 aliphatic heterocycles. The second-order valence-corrected chi connectivity index (χ2v) is 9.11. The summed E-state index contributed by atoms with van der Waals surface area (Å²) in [4.78, 5) is 25.9. The first kappa shape index (κ1) is 27.1. The molecule has 186 valence electrons. The summed E-state index contributed by atoms with van der Waals surface area (Å²) in [6, 6.07) is 8.86. The van der Waals surface area contributed by atoms with Crippen molar-refractivity contribution in [3.05, 3.63) is 53.8 Å². The van der Waals surface area contributed by atoms with E-state index in [1.54, 1.807) is 24.0 Å². The Morgan fingerprint density at radius 1 is 1.03 bits per heavy atom. The zero-order valence-electron chi connectivity index (χ0n) is 19.7. The van der Waals surface area contributed by atoms with E-state index in [1.165, 1.54) is 13.2 Å². The normalized spacial score (nSPS) is 12.0. The van der Waals surface area contributed by atoms with Crippen LogP contribution in [0, 0.1) is 5.82 Å². The number of halogens is 1. The molecule has 0 aromatic heterocycles. The minimum atomic E-state index is -4.25. The molecule has 0 aliphatic rings. The lowest BCUT2D eigenvalue weighted by Crippen LogP contribution is -2.38. The van der Waals surface area contributed by atoms with Crippen LogP contribution >= 0.6 is 0 Å². The molecular formula is C24H30FNO7S. The fourth-order valence-electron chi connectivity index (χ4n) is 3.14. The molecule has 2 rings (SSSR count). The van der Waals surface area contributed by atoms with Crippen molar-refractivity contribution >= 4 is 22.0 Å². The van der Waals surface area contributed by atoms with E-state index in [4.69, 9.17) is 13.7 Å². The zero-order valence-corrected chi connectivity index (χ0v) is 20.6. The van der Waals surface area contributed by atoms with Gasteiger partial charge in [-0.25, -0.2) is 4.39 Å². The number of ether oxygens (including phenoxy) is 2. The van der Waals surface area contributed by atoms with Gasteiger partial charge in [-0.3, -0.25) is 9.59 Å². The second kappa shape index (κ2) is 12.4. The Kier molecular flexibility index (Phi) is 9.85. The van der Waals surface area contributed by atoms with E-state index in [0.717, 1.165) is 24.3 Å². The Bertz CT molecular complexity index is 1090. The predicted octanol–water partition coefficient (Wildman–Crippen LogP) is 4.07. The highest BCUT2D eigenvalue weighted by Crippen LogP contribution is 2.31. The van der Waals surface area contributed by atoms with Crippen molar-refractivity contribution in [3.63, 3.8) is 0 Å². The van der Waals surface area contributed by atoms with Gasteiger partial charge in [0.1, 0.15) is 10.7 Å². The van der Waals surface area contributed by atoms with Gasteiger partial charge in [-0.15, -0.1) is 0 Å². The van der Waals surface area contributed by atoms with Crippen LogP contribution in [0.25, 0.3) is 0 Å². The maximum absolute atomic E-state index is 13.2. The summed E-state index contributed by atoms with van der Waals surface area (Å²) >= 11 is 0. The lowest BCUT2D eigenvalue weighted by molar-refractivity contribution is -0.146. The van der Waals surface area contributed by atoms with Crippen molar-refractivity contribution < 1.29 is 36.1 Å². The number of amides is 1. The van der Waals surface area contributed by atoms with Crippen molar-refractivity contribution in [1.82, 2.24) is 4.90 Å². The average molecular weight is 496 g/mol. The largest absolute Gasteiger partial charge is 0.493 e. The number of carbonyl (C=O) groups excluding carboxylic acids is 2. The molecule has 0 heterocycles. The van der Waals surface area contributed by atoms with Crippen LogP contribution in [0.2, 0.25) is 0 Å². The third-order valence-corrected chi connectivity index (χ3v) is 6.42. The zero-order chi connectivity index (χ0) is 25.3. The van der Waals surface area contributed by atoms with E-state index in [1.807, 2.05) is 13.8 Å². The molecule has 10 heteroatoms. The number of benzene rings is 2. The van der Waals surface area contributed by atoms with Crippen molar-refractivity contribution in [2.45, 2.75) is 57.5 Å². The number of nitrogens with zero attached hydrogens (tertiary/aromatic N) is 1. The first-order valence-corrected chi connectivity index (χ1v) is 12.3. The monoisotopic (exact) mass is 495 g/mol. The molecule has 0 spiro atoms. The highest BCUT2D eigenvalue weighted by atomic mass is 32.2. The van der Waals surface area contributed by atoms with Gasteiger partial charge < -0.3 is 18.6 Å². The van der Waals surface area contributed by atoms with Gasteiger partial charge in [-0.1, -0.05) is 13.0 Å². The van der Waals surface area contributed by atoms with E-state index >= 15 is 0 Å². The topological polar surface area (TPSA) is 99.2 Å². The number of carbonyl (C=O) groups is 2. The van der Waals surface area contributed by atoms with Crippen LogP contribution in [-0.2, 0) is 31.0 Å². The Labute approximate surface area is 199 Å². The predicted molar refractivity (Wildman–Crippen MR) is 123 cm³/mol. The highest BCUT2D eigenvalue weighted by molar-refractivity contribution is 7.87. The summed E-state index contributed by atoms with van der Waals surface area (Å²) in [7, 11) is -2.88. The number of esters is 1. The van der Waals surface area contributed by atoms with Crippen LogP contribution in [0.1, 0.15) is 45.6 Å². The lowest BCUT2D eigenvalue weighted by atomic mass is 10.1. The van der Waals surface area contributed by atoms with Gasteiger partial charge >= 0.3 is 16.1 Å². The number of hydrogen-bond acceptors (Lipinski definition) is 7. The Morgan fingerprint density at radius 3 is 2.29 bits per heavy atom. The first-order valence-electron chi connectivity index (χ1n) is 10.9. The Morgan fingerprint density at radius 2 is 1.71 bits per heavy atom. The molecule has 0 bridgehead atoms. The average Bonchev–Trinajstić information content (AvgIpc) is 2.81. The second-order valence-electron chi connectivity index (χ2n) is 7.56. The minimum absolute atomic E-state index is 0.00162. The Balaban J connectivity index is 2.26. The summed E-state index contributed by atoms with van der Waals surface area (Å²) in [5, 5.41) is 0. The number of rotatable bonds is 12. The van der Waals surface area contributed by atoms with Crippen molar-refractivity contribution in [3.8, 4) is 11.5 Å². The summed E-state index contributed by atoms with van der Waals surface area (Å²) in [6.45, 7) is 5.95. The van der Waals surface area contributed by atoms with Gasteiger partial charge in [0.25, 0.3) is 0 Å². The fourth-order valence-corrected chi connectivity index (χ4v) is 4.08. The Hall–Kier alpha value is -3.14. The van der Waals surface area contributed by atoms with E-state index in [9.17, 15) is 22.4 Å². The lowest BCUT2D eigenvalue weighted by Gasteiger charge is -2.29. The molecule has 1 unspecified atom stereocenters. The van der Waals surface area contributed by atoms with Crippen molar-refractivity contribution in [2.75, 3.05) is 13.7 Å². The highest BCUT2D eigenvalue weighted by Gasteiger charge is 2.23. The molecule has 8 nitrogen and oxygen atoms in total. The third-order valence-electron chi connectivity index (χ3n) is 5.17. The first-order chi connectivity index (χ1) is 16.1. The minimum Gasteiger partial charge on any atom is -0.493 e. The summed E-state index contributed by atoms with van der Waals surface area (Å²) in [5.41, 5.74) is 0.606. The third kappa shape index (κ3) is 7.44. The molecule has 2 aromatic rings. The molecule has 0 radical (unpaired) electrons. The standard InChI is InChI=1S/C24H30FNO7S/c1-5-17(3)26(23(27)13-14-24(28)32-6-2)16-18-7-12-21(31-4)22(15-18)33-34(29,30)20-10-8-19(25)9-11-20/h7-12,15,17H,5-6,13-14,16H2,1-4H3. The van der Waals surface area contributed by atoms with E-state index in [0.29, 0.717) is 12.0 Å².